The summed E-state index contributed by atoms with van der Waals surface area (Å²) < 4.78 is 42.7. The quantitative estimate of drug-likeness (QED) is 0.720. The average Bonchev–Trinajstić information content (AvgIpc) is 2.65. The summed E-state index contributed by atoms with van der Waals surface area (Å²) >= 11 is 6.00. The number of hydrogen-bond acceptors (Lipinski definition) is 6. The third kappa shape index (κ3) is 4.46. The first kappa shape index (κ1) is 20.0. The summed E-state index contributed by atoms with van der Waals surface area (Å²) in [4.78, 5) is 11.4. The van der Waals surface area contributed by atoms with Crippen LogP contribution in [0.4, 0.5) is 0 Å². The largest absolute Gasteiger partial charge is 0.497 e. The molecule has 0 amide bonds. The van der Waals surface area contributed by atoms with E-state index in [4.69, 9.17) is 21.1 Å². The fraction of sp³-hybridized carbons (Fsp3) is 0.235. The SMILES string of the molecule is COC(=O)c1ccc(Cl)c(S(=O)(=O)NCc2cc(OC)ccc2OC)c1. The van der Waals surface area contributed by atoms with Gasteiger partial charge in [-0.25, -0.2) is 17.9 Å². The third-order valence-electron chi connectivity index (χ3n) is 3.58. The van der Waals surface area contributed by atoms with Crippen LogP contribution in [0.2, 0.25) is 5.02 Å². The maximum Gasteiger partial charge on any atom is 0.337 e. The van der Waals surface area contributed by atoms with Gasteiger partial charge >= 0.3 is 5.97 Å². The molecule has 0 aliphatic carbocycles. The van der Waals surface area contributed by atoms with Crippen LogP contribution in [-0.4, -0.2) is 35.7 Å². The molecular weight excluding hydrogens is 382 g/mol. The highest BCUT2D eigenvalue weighted by molar-refractivity contribution is 7.89. The summed E-state index contributed by atoms with van der Waals surface area (Å²) in [5, 5.41) is -0.0113. The fourth-order valence-corrected chi connectivity index (χ4v) is 3.75. The minimum absolute atomic E-state index is 0.0113. The molecule has 0 fully saturated rings. The van der Waals surface area contributed by atoms with Gasteiger partial charge in [-0.15, -0.1) is 0 Å². The van der Waals surface area contributed by atoms with Crippen molar-refractivity contribution in [1.29, 1.82) is 0 Å². The number of carbonyl (C=O) groups is 1. The van der Waals surface area contributed by atoms with Crippen molar-refractivity contribution < 1.29 is 27.4 Å². The topological polar surface area (TPSA) is 90.9 Å². The maximum absolute atomic E-state index is 12.6. The van der Waals surface area contributed by atoms with Gasteiger partial charge in [0.2, 0.25) is 10.0 Å². The molecule has 0 radical (unpaired) electrons. The Labute approximate surface area is 156 Å². The zero-order valence-corrected chi connectivity index (χ0v) is 16.0. The predicted octanol–water partition coefficient (Wildman–Crippen LogP) is 2.62. The summed E-state index contributed by atoms with van der Waals surface area (Å²) in [7, 11) is 0.213. The first-order valence-corrected chi connectivity index (χ1v) is 9.27. The van der Waals surface area contributed by atoms with Gasteiger partial charge in [-0.05, 0) is 36.4 Å². The van der Waals surface area contributed by atoms with Crippen molar-refractivity contribution in [3.8, 4) is 11.5 Å². The van der Waals surface area contributed by atoms with Crippen molar-refractivity contribution in [3.63, 3.8) is 0 Å². The van der Waals surface area contributed by atoms with Crippen LogP contribution in [0.3, 0.4) is 0 Å². The Balaban J connectivity index is 2.31. The van der Waals surface area contributed by atoms with E-state index in [0.29, 0.717) is 17.1 Å². The standard InChI is InChI=1S/C17H18ClNO6S/c1-23-13-5-7-15(24-2)12(8-13)10-19-26(21,22)16-9-11(17(20)25-3)4-6-14(16)18/h4-9,19H,10H2,1-3H3. The number of ether oxygens (including phenoxy) is 3. The summed E-state index contributed by atoms with van der Waals surface area (Å²) in [6.07, 6.45) is 0. The summed E-state index contributed by atoms with van der Waals surface area (Å²) in [5.74, 6) is 0.404. The van der Waals surface area contributed by atoms with Crippen molar-refractivity contribution in [2.75, 3.05) is 21.3 Å². The number of sulfonamides is 1. The molecule has 2 aromatic carbocycles. The number of methoxy groups -OCH3 is 3. The number of nitrogens with one attached hydrogen (secondary N) is 1. The highest BCUT2D eigenvalue weighted by atomic mass is 35.5. The maximum atomic E-state index is 12.6. The monoisotopic (exact) mass is 399 g/mol. The number of benzene rings is 2. The Kier molecular flexibility index (Phi) is 6.47. The van der Waals surface area contributed by atoms with Crippen LogP contribution in [0.5, 0.6) is 11.5 Å². The van der Waals surface area contributed by atoms with Crippen LogP contribution in [0.15, 0.2) is 41.3 Å². The van der Waals surface area contributed by atoms with Crippen LogP contribution >= 0.6 is 11.6 Å². The van der Waals surface area contributed by atoms with Gasteiger partial charge in [-0.1, -0.05) is 11.6 Å². The van der Waals surface area contributed by atoms with E-state index in [1.54, 1.807) is 18.2 Å². The van der Waals surface area contributed by atoms with Crippen LogP contribution in [-0.2, 0) is 21.3 Å². The van der Waals surface area contributed by atoms with E-state index < -0.39 is 16.0 Å². The highest BCUT2D eigenvalue weighted by Gasteiger charge is 2.21. The van der Waals surface area contributed by atoms with Gasteiger partial charge in [-0.3, -0.25) is 0 Å². The zero-order valence-electron chi connectivity index (χ0n) is 14.4. The highest BCUT2D eigenvalue weighted by Crippen LogP contribution is 2.26. The molecule has 0 aliphatic rings. The van der Waals surface area contributed by atoms with Crippen molar-refractivity contribution in [3.05, 3.63) is 52.5 Å². The average molecular weight is 400 g/mol. The third-order valence-corrected chi connectivity index (χ3v) is 5.46. The molecule has 1 N–H and O–H groups in total. The second-order valence-corrected chi connectivity index (χ2v) is 7.28. The number of carbonyl (C=O) groups excluding carboxylic acids is 1. The van der Waals surface area contributed by atoms with E-state index >= 15 is 0 Å². The van der Waals surface area contributed by atoms with Crippen molar-refractivity contribution in [2.24, 2.45) is 0 Å². The lowest BCUT2D eigenvalue weighted by Gasteiger charge is -2.13. The first-order chi connectivity index (χ1) is 12.3. The summed E-state index contributed by atoms with van der Waals surface area (Å²) in [5.41, 5.74) is 0.659. The Hall–Kier alpha value is -2.29. The minimum atomic E-state index is -3.98. The lowest BCUT2D eigenvalue weighted by atomic mass is 10.2. The van der Waals surface area contributed by atoms with E-state index in [9.17, 15) is 13.2 Å². The van der Waals surface area contributed by atoms with Crippen LogP contribution in [0.25, 0.3) is 0 Å². The molecule has 0 aliphatic heterocycles. The zero-order chi connectivity index (χ0) is 19.3. The second kappa shape index (κ2) is 8.39. The van der Waals surface area contributed by atoms with E-state index in [1.165, 1.54) is 39.5 Å². The number of esters is 1. The number of halogens is 1. The molecule has 0 aromatic heterocycles. The van der Waals surface area contributed by atoms with Gasteiger partial charge in [-0.2, -0.15) is 0 Å². The van der Waals surface area contributed by atoms with Gasteiger partial charge in [0.15, 0.2) is 0 Å². The van der Waals surface area contributed by atoms with E-state index in [1.807, 2.05) is 0 Å². The normalized spacial score (nSPS) is 11.1. The van der Waals surface area contributed by atoms with Crippen molar-refractivity contribution >= 4 is 27.6 Å². The summed E-state index contributed by atoms with van der Waals surface area (Å²) in [6.45, 7) is -0.0541. The van der Waals surface area contributed by atoms with E-state index in [2.05, 4.69) is 9.46 Å². The lowest BCUT2D eigenvalue weighted by molar-refractivity contribution is 0.0600. The molecule has 0 saturated carbocycles. The number of hydrogen-bond donors (Lipinski definition) is 1. The molecular formula is C17H18ClNO6S. The molecule has 26 heavy (non-hydrogen) atoms. The van der Waals surface area contributed by atoms with Gasteiger partial charge in [0.1, 0.15) is 16.4 Å². The number of rotatable bonds is 7. The summed E-state index contributed by atoms with van der Waals surface area (Å²) in [6, 6.07) is 8.92. The Morgan fingerprint density at radius 3 is 2.42 bits per heavy atom. The van der Waals surface area contributed by atoms with Gasteiger partial charge < -0.3 is 14.2 Å². The molecule has 0 atom stereocenters. The molecule has 0 spiro atoms. The molecule has 0 saturated heterocycles. The lowest BCUT2D eigenvalue weighted by Crippen LogP contribution is -2.24. The van der Waals surface area contributed by atoms with Gasteiger partial charge in [0.05, 0.1) is 31.9 Å². The predicted molar refractivity (Wildman–Crippen MR) is 96.4 cm³/mol. The van der Waals surface area contributed by atoms with E-state index in [-0.39, 0.29) is 22.0 Å². The second-order valence-electron chi connectivity index (χ2n) is 5.14. The Bertz CT molecular complexity index is 913. The minimum Gasteiger partial charge on any atom is -0.497 e. The molecule has 2 aromatic rings. The molecule has 9 heteroatoms. The van der Waals surface area contributed by atoms with Crippen molar-refractivity contribution in [2.45, 2.75) is 11.4 Å². The molecule has 0 bridgehead atoms. The molecule has 140 valence electrons. The molecule has 0 heterocycles. The molecule has 7 nitrogen and oxygen atoms in total. The van der Waals surface area contributed by atoms with Crippen LogP contribution in [0, 0.1) is 0 Å². The Morgan fingerprint density at radius 2 is 1.81 bits per heavy atom. The molecule has 2 rings (SSSR count). The Morgan fingerprint density at radius 1 is 1.08 bits per heavy atom. The van der Waals surface area contributed by atoms with Crippen LogP contribution in [0.1, 0.15) is 15.9 Å². The van der Waals surface area contributed by atoms with Gasteiger partial charge in [0, 0.05) is 12.1 Å². The van der Waals surface area contributed by atoms with Crippen molar-refractivity contribution in [1.82, 2.24) is 4.72 Å². The fourth-order valence-electron chi connectivity index (χ4n) is 2.22. The molecule has 0 unspecified atom stereocenters. The first-order valence-electron chi connectivity index (χ1n) is 7.40. The van der Waals surface area contributed by atoms with E-state index in [0.717, 1.165) is 0 Å². The van der Waals surface area contributed by atoms with Crippen LogP contribution < -0.4 is 14.2 Å². The smallest absolute Gasteiger partial charge is 0.337 e. The van der Waals surface area contributed by atoms with Gasteiger partial charge in [0.25, 0.3) is 0 Å².